The van der Waals surface area contributed by atoms with Crippen LogP contribution in [0.1, 0.15) is 39.3 Å². The molecule has 0 saturated carbocycles. The molecule has 0 atom stereocenters. The zero-order valence-electron chi connectivity index (χ0n) is 13.3. The van der Waals surface area contributed by atoms with Gasteiger partial charge in [0, 0.05) is 5.92 Å². The fraction of sp³-hybridized carbons (Fsp3) is 0.0455. The molecule has 3 rings (SSSR count). The van der Waals surface area contributed by atoms with Gasteiger partial charge in [0.1, 0.15) is 0 Å². The highest BCUT2D eigenvalue weighted by atomic mass is 14.3. The van der Waals surface area contributed by atoms with E-state index in [0.29, 0.717) is 16.7 Å². The first kappa shape index (κ1) is 16.0. The molecule has 3 heteroatoms. The lowest BCUT2D eigenvalue weighted by atomic mass is 9.83. The Hall–Kier alpha value is -3.87. The molecule has 0 spiro atoms. The van der Waals surface area contributed by atoms with E-state index in [-0.39, 0.29) is 5.92 Å². The van der Waals surface area contributed by atoms with E-state index >= 15 is 0 Å². The van der Waals surface area contributed by atoms with Crippen molar-refractivity contribution in [2.45, 2.75) is 5.92 Å². The van der Waals surface area contributed by atoms with E-state index in [1.54, 1.807) is 18.2 Å². The quantitative estimate of drug-likeness (QED) is 0.668. The molecule has 3 nitrogen and oxygen atoms in total. The Morgan fingerprint density at radius 2 is 0.840 bits per heavy atom. The van der Waals surface area contributed by atoms with Crippen LogP contribution in [0.25, 0.3) is 0 Å². The van der Waals surface area contributed by atoms with E-state index in [1.807, 2.05) is 54.6 Å². The van der Waals surface area contributed by atoms with Gasteiger partial charge in [-0.15, -0.1) is 0 Å². The SMILES string of the molecule is N#Cc1cccc(C(c2cccc(C#N)c2)c2cccc(C#N)c2)c1. The second-order valence-corrected chi connectivity index (χ2v) is 5.64. The van der Waals surface area contributed by atoms with Gasteiger partial charge in [-0.2, -0.15) is 15.8 Å². The third kappa shape index (κ3) is 3.40. The topological polar surface area (TPSA) is 71.4 Å². The minimum Gasteiger partial charge on any atom is -0.192 e. The number of hydrogen-bond donors (Lipinski definition) is 0. The van der Waals surface area contributed by atoms with Crippen LogP contribution >= 0.6 is 0 Å². The summed E-state index contributed by atoms with van der Waals surface area (Å²) in [5.74, 6) is -0.158. The zero-order chi connectivity index (χ0) is 17.6. The van der Waals surface area contributed by atoms with Crippen molar-refractivity contribution in [3.05, 3.63) is 106 Å². The summed E-state index contributed by atoms with van der Waals surface area (Å²) in [5.41, 5.74) is 4.58. The standard InChI is InChI=1S/C22H13N3/c23-13-16-4-1-7-19(10-16)22(20-8-2-5-17(11-20)14-24)21-9-3-6-18(12-21)15-25/h1-12,22H. The van der Waals surface area contributed by atoms with Crippen molar-refractivity contribution in [1.82, 2.24) is 0 Å². The lowest BCUT2D eigenvalue weighted by Gasteiger charge is -2.19. The van der Waals surface area contributed by atoms with Gasteiger partial charge in [-0.3, -0.25) is 0 Å². The molecule has 0 heterocycles. The first-order chi connectivity index (χ1) is 12.2. The molecule has 0 aliphatic rings. The third-order valence-corrected chi connectivity index (χ3v) is 4.05. The second-order valence-electron chi connectivity index (χ2n) is 5.64. The molecule has 0 unspecified atom stereocenters. The number of nitrogens with zero attached hydrogens (tertiary/aromatic N) is 3. The number of benzene rings is 3. The highest BCUT2D eigenvalue weighted by Gasteiger charge is 2.18. The summed E-state index contributed by atoms with van der Waals surface area (Å²) in [6.07, 6.45) is 0. The number of hydrogen-bond acceptors (Lipinski definition) is 3. The molecule has 0 aliphatic heterocycles. The monoisotopic (exact) mass is 319 g/mol. The van der Waals surface area contributed by atoms with Gasteiger partial charge in [0.2, 0.25) is 0 Å². The van der Waals surface area contributed by atoms with Gasteiger partial charge in [-0.1, -0.05) is 36.4 Å². The molecule has 0 amide bonds. The Labute approximate surface area is 146 Å². The normalized spacial score (nSPS) is 9.84. The van der Waals surface area contributed by atoms with E-state index < -0.39 is 0 Å². The van der Waals surface area contributed by atoms with Gasteiger partial charge >= 0.3 is 0 Å². The summed E-state index contributed by atoms with van der Waals surface area (Å²) in [4.78, 5) is 0. The van der Waals surface area contributed by atoms with Crippen LogP contribution in [0.4, 0.5) is 0 Å². The molecule has 0 N–H and O–H groups in total. The van der Waals surface area contributed by atoms with Crippen LogP contribution in [-0.4, -0.2) is 0 Å². The maximum absolute atomic E-state index is 9.21. The van der Waals surface area contributed by atoms with Crippen LogP contribution in [-0.2, 0) is 0 Å². The lowest BCUT2D eigenvalue weighted by Crippen LogP contribution is -2.04. The molecule has 3 aromatic rings. The van der Waals surface area contributed by atoms with Crippen molar-refractivity contribution in [2.24, 2.45) is 0 Å². The zero-order valence-corrected chi connectivity index (χ0v) is 13.3. The summed E-state index contributed by atoms with van der Waals surface area (Å²) in [6.45, 7) is 0. The summed E-state index contributed by atoms with van der Waals surface area (Å²) in [7, 11) is 0. The molecule has 0 fully saturated rings. The van der Waals surface area contributed by atoms with Gasteiger partial charge in [0.15, 0.2) is 0 Å². The Balaban J connectivity index is 2.22. The van der Waals surface area contributed by atoms with Crippen LogP contribution in [0.3, 0.4) is 0 Å². The average Bonchev–Trinajstić information content (AvgIpc) is 2.68. The first-order valence-electron chi connectivity index (χ1n) is 7.75. The lowest BCUT2D eigenvalue weighted by molar-refractivity contribution is 0.974. The van der Waals surface area contributed by atoms with E-state index in [4.69, 9.17) is 0 Å². The van der Waals surface area contributed by atoms with Crippen LogP contribution < -0.4 is 0 Å². The highest BCUT2D eigenvalue weighted by molar-refractivity contribution is 5.49. The molecule has 0 bridgehead atoms. The molecule has 0 saturated heterocycles. The van der Waals surface area contributed by atoms with Crippen LogP contribution in [0.15, 0.2) is 72.8 Å². The Morgan fingerprint density at radius 3 is 1.12 bits per heavy atom. The van der Waals surface area contributed by atoms with Crippen molar-refractivity contribution >= 4 is 0 Å². The Kier molecular flexibility index (Phi) is 4.57. The predicted octanol–water partition coefficient (Wildman–Crippen LogP) is 4.48. The first-order valence-corrected chi connectivity index (χ1v) is 7.75. The van der Waals surface area contributed by atoms with Gasteiger partial charge in [0.25, 0.3) is 0 Å². The van der Waals surface area contributed by atoms with Crippen molar-refractivity contribution in [2.75, 3.05) is 0 Å². The highest BCUT2D eigenvalue weighted by Crippen LogP contribution is 2.33. The van der Waals surface area contributed by atoms with Crippen LogP contribution in [0.5, 0.6) is 0 Å². The number of nitriles is 3. The van der Waals surface area contributed by atoms with Crippen molar-refractivity contribution < 1.29 is 0 Å². The van der Waals surface area contributed by atoms with E-state index in [9.17, 15) is 15.8 Å². The van der Waals surface area contributed by atoms with Crippen molar-refractivity contribution in [3.63, 3.8) is 0 Å². The van der Waals surface area contributed by atoms with Crippen LogP contribution in [0, 0.1) is 34.0 Å². The summed E-state index contributed by atoms with van der Waals surface area (Å²) < 4.78 is 0. The van der Waals surface area contributed by atoms with Crippen LogP contribution in [0.2, 0.25) is 0 Å². The van der Waals surface area contributed by atoms with Gasteiger partial charge < -0.3 is 0 Å². The molecule has 25 heavy (non-hydrogen) atoms. The third-order valence-electron chi connectivity index (χ3n) is 4.05. The van der Waals surface area contributed by atoms with Gasteiger partial charge in [-0.25, -0.2) is 0 Å². The van der Waals surface area contributed by atoms with Crippen molar-refractivity contribution in [1.29, 1.82) is 15.8 Å². The summed E-state index contributed by atoms with van der Waals surface area (Å²) in [6, 6.07) is 28.8. The summed E-state index contributed by atoms with van der Waals surface area (Å²) in [5, 5.41) is 27.6. The van der Waals surface area contributed by atoms with Gasteiger partial charge in [0.05, 0.1) is 34.9 Å². The molecular formula is C22H13N3. The molecule has 0 radical (unpaired) electrons. The largest absolute Gasteiger partial charge is 0.192 e. The average molecular weight is 319 g/mol. The Bertz CT molecular complexity index is 909. The fourth-order valence-corrected chi connectivity index (χ4v) is 2.94. The molecule has 3 aromatic carbocycles. The maximum Gasteiger partial charge on any atom is 0.0991 e. The van der Waals surface area contributed by atoms with Gasteiger partial charge in [-0.05, 0) is 53.1 Å². The Morgan fingerprint density at radius 1 is 0.520 bits per heavy atom. The minimum absolute atomic E-state index is 0.158. The fourth-order valence-electron chi connectivity index (χ4n) is 2.94. The number of rotatable bonds is 3. The molecule has 0 aliphatic carbocycles. The van der Waals surface area contributed by atoms with Crippen molar-refractivity contribution in [3.8, 4) is 18.2 Å². The smallest absolute Gasteiger partial charge is 0.0991 e. The molecule has 0 aromatic heterocycles. The van der Waals surface area contributed by atoms with E-state index in [2.05, 4.69) is 18.2 Å². The maximum atomic E-state index is 9.21. The van der Waals surface area contributed by atoms with E-state index in [0.717, 1.165) is 16.7 Å². The molecule has 116 valence electrons. The second kappa shape index (κ2) is 7.14. The molecular weight excluding hydrogens is 306 g/mol. The van der Waals surface area contributed by atoms with E-state index in [1.165, 1.54) is 0 Å². The summed E-state index contributed by atoms with van der Waals surface area (Å²) >= 11 is 0. The minimum atomic E-state index is -0.158. The predicted molar refractivity (Wildman–Crippen MR) is 94.4 cm³/mol.